The number of thioether (sulfide) groups is 1. The van der Waals surface area contributed by atoms with E-state index in [1.165, 1.54) is 28.3 Å². The molecule has 30 heavy (non-hydrogen) atoms. The Morgan fingerprint density at radius 3 is 2.53 bits per heavy atom. The predicted molar refractivity (Wildman–Crippen MR) is 122 cm³/mol. The van der Waals surface area contributed by atoms with Crippen molar-refractivity contribution in [1.82, 2.24) is 9.55 Å². The zero-order valence-corrected chi connectivity index (χ0v) is 17.9. The first-order chi connectivity index (χ1) is 14.4. The Hall–Kier alpha value is -2.97. The number of nitrogens with zero attached hydrogens (tertiary/aromatic N) is 2. The van der Waals surface area contributed by atoms with Crippen LogP contribution in [0, 0.1) is 0 Å². The van der Waals surface area contributed by atoms with Gasteiger partial charge in [-0.25, -0.2) is 4.79 Å². The van der Waals surface area contributed by atoms with Gasteiger partial charge in [-0.3, -0.25) is 19.1 Å². The average molecular weight is 445 g/mol. The molecule has 0 fully saturated rings. The number of amides is 1. The molecule has 0 aliphatic carbocycles. The number of halogens is 1. The Balaban J connectivity index is 1.76. The molecule has 3 N–H and O–H groups in total. The van der Waals surface area contributed by atoms with Gasteiger partial charge in [0.05, 0.1) is 12.3 Å². The maximum atomic E-state index is 12.6. The lowest BCUT2D eigenvalue weighted by Crippen LogP contribution is -2.40. The number of rotatable bonds is 7. The Kier molecular flexibility index (Phi) is 7.02. The van der Waals surface area contributed by atoms with E-state index in [0.29, 0.717) is 10.8 Å². The summed E-state index contributed by atoms with van der Waals surface area (Å²) < 4.78 is 1.24. The summed E-state index contributed by atoms with van der Waals surface area (Å²) in [4.78, 5) is 40.7. The number of nitrogens with two attached hydrogens (primary N) is 1. The summed E-state index contributed by atoms with van der Waals surface area (Å²) in [5.74, 6) is 0.381. The van der Waals surface area contributed by atoms with Crippen LogP contribution in [0.1, 0.15) is 11.1 Å². The van der Waals surface area contributed by atoms with Crippen LogP contribution < -0.4 is 21.9 Å². The molecule has 3 rings (SSSR count). The molecular weight excluding hydrogens is 424 g/mol. The topological polar surface area (TPSA) is 101 Å². The van der Waals surface area contributed by atoms with Crippen molar-refractivity contribution in [1.29, 1.82) is 0 Å². The van der Waals surface area contributed by atoms with Gasteiger partial charge in [0.15, 0.2) is 5.69 Å². The van der Waals surface area contributed by atoms with Crippen LogP contribution in [0.4, 0.5) is 11.5 Å². The highest BCUT2D eigenvalue weighted by atomic mass is 35.5. The number of aromatic amines is 1. The Morgan fingerprint density at radius 2 is 1.83 bits per heavy atom. The summed E-state index contributed by atoms with van der Waals surface area (Å²) >= 11 is 7.37. The van der Waals surface area contributed by atoms with E-state index in [2.05, 4.69) is 4.98 Å². The van der Waals surface area contributed by atoms with E-state index >= 15 is 0 Å². The molecule has 7 nitrogen and oxygen atoms in total. The van der Waals surface area contributed by atoms with Crippen molar-refractivity contribution < 1.29 is 4.79 Å². The van der Waals surface area contributed by atoms with Gasteiger partial charge in [0.25, 0.3) is 5.56 Å². The lowest BCUT2D eigenvalue weighted by Gasteiger charge is -2.20. The second-order valence-electron chi connectivity index (χ2n) is 6.64. The zero-order chi connectivity index (χ0) is 21.7. The SMILES string of the molecule is CN(C(=O)CSCc1cccc(Cl)c1)c1c(N)n(Cc2ccccc2)c(=O)[nH]c1=O. The quantitative estimate of drug-likeness (QED) is 0.583. The van der Waals surface area contributed by atoms with Gasteiger partial charge in [-0.2, -0.15) is 0 Å². The molecule has 0 aliphatic rings. The zero-order valence-electron chi connectivity index (χ0n) is 16.3. The number of nitrogens with one attached hydrogen (secondary N) is 1. The van der Waals surface area contributed by atoms with Gasteiger partial charge in [-0.05, 0) is 23.3 Å². The van der Waals surface area contributed by atoms with Crippen molar-refractivity contribution in [2.45, 2.75) is 12.3 Å². The van der Waals surface area contributed by atoms with E-state index in [1.54, 1.807) is 6.07 Å². The number of nitrogen functional groups attached to an aromatic ring is 1. The smallest absolute Gasteiger partial charge is 0.330 e. The minimum absolute atomic E-state index is 0.0427. The third kappa shape index (κ3) is 5.14. The lowest BCUT2D eigenvalue weighted by atomic mass is 10.2. The first kappa shape index (κ1) is 21.7. The van der Waals surface area contributed by atoms with Gasteiger partial charge in [0.1, 0.15) is 5.82 Å². The van der Waals surface area contributed by atoms with Crippen molar-refractivity contribution in [2.75, 3.05) is 23.4 Å². The fraction of sp³-hybridized carbons (Fsp3) is 0.190. The Labute approximate surface area is 182 Å². The third-order valence-corrected chi connectivity index (χ3v) is 5.71. The van der Waals surface area contributed by atoms with Gasteiger partial charge in [0.2, 0.25) is 5.91 Å². The minimum Gasteiger partial charge on any atom is -0.383 e. The minimum atomic E-state index is -0.697. The van der Waals surface area contributed by atoms with Crippen molar-refractivity contribution >= 4 is 40.8 Å². The average Bonchev–Trinajstić information content (AvgIpc) is 2.71. The largest absolute Gasteiger partial charge is 0.383 e. The predicted octanol–water partition coefficient (Wildman–Crippen LogP) is 2.72. The highest BCUT2D eigenvalue weighted by Gasteiger charge is 2.21. The molecule has 0 atom stereocenters. The molecule has 3 aromatic rings. The van der Waals surface area contributed by atoms with Crippen molar-refractivity contribution in [3.63, 3.8) is 0 Å². The van der Waals surface area contributed by atoms with Gasteiger partial charge in [0, 0.05) is 17.8 Å². The monoisotopic (exact) mass is 444 g/mol. The molecule has 0 saturated carbocycles. The van der Waals surface area contributed by atoms with E-state index in [1.807, 2.05) is 48.5 Å². The summed E-state index contributed by atoms with van der Waals surface area (Å²) in [7, 11) is 1.47. The van der Waals surface area contributed by atoms with E-state index in [9.17, 15) is 14.4 Å². The number of hydrogen-bond donors (Lipinski definition) is 2. The van der Waals surface area contributed by atoms with Gasteiger partial charge in [-0.1, -0.05) is 54.1 Å². The molecule has 1 aromatic heterocycles. The molecular formula is C21H21ClN4O3S. The van der Waals surface area contributed by atoms with Crippen LogP contribution in [-0.2, 0) is 17.1 Å². The molecule has 0 radical (unpaired) electrons. The summed E-state index contributed by atoms with van der Waals surface area (Å²) in [6.07, 6.45) is 0. The molecule has 2 aromatic carbocycles. The highest BCUT2D eigenvalue weighted by molar-refractivity contribution is 7.99. The van der Waals surface area contributed by atoms with Gasteiger partial charge >= 0.3 is 5.69 Å². The number of carbonyl (C=O) groups is 1. The van der Waals surface area contributed by atoms with Crippen LogP contribution >= 0.6 is 23.4 Å². The molecule has 9 heteroatoms. The van der Waals surface area contributed by atoms with E-state index in [0.717, 1.165) is 11.1 Å². The van der Waals surface area contributed by atoms with Crippen LogP contribution in [0.15, 0.2) is 64.2 Å². The summed E-state index contributed by atoms with van der Waals surface area (Å²) in [6.45, 7) is 0.181. The molecule has 0 spiro atoms. The third-order valence-electron chi connectivity index (χ3n) is 4.49. The Bertz CT molecular complexity index is 1160. The molecule has 0 unspecified atom stereocenters. The standard InChI is InChI=1S/C21H21ClN4O3S/c1-25(17(27)13-30-12-15-8-5-9-16(22)10-15)18-19(23)26(21(29)24-20(18)28)11-14-6-3-2-4-7-14/h2-10H,11-13,23H2,1H3,(H,24,28,29). The summed E-state index contributed by atoms with van der Waals surface area (Å²) in [5, 5.41) is 0.636. The Morgan fingerprint density at radius 1 is 1.13 bits per heavy atom. The summed E-state index contributed by atoms with van der Waals surface area (Å²) in [5.41, 5.74) is 6.61. The molecule has 0 saturated heterocycles. The van der Waals surface area contributed by atoms with Crippen LogP contribution in [0.25, 0.3) is 0 Å². The first-order valence-corrected chi connectivity index (χ1v) is 10.7. The van der Waals surface area contributed by atoms with Crippen LogP contribution in [0.5, 0.6) is 0 Å². The molecule has 1 amide bonds. The molecule has 0 bridgehead atoms. The lowest BCUT2D eigenvalue weighted by molar-refractivity contribution is -0.115. The molecule has 1 heterocycles. The van der Waals surface area contributed by atoms with Crippen LogP contribution in [0.2, 0.25) is 5.02 Å². The number of hydrogen-bond acceptors (Lipinski definition) is 5. The van der Waals surface area contributed by atoms with Gasteiger partial charge in [-0.15, -0.1) is 11.8 Å². The number of anilines is 2. The van der Waals surface area contributed by atoms with E-state index < -0.39 is 11.2 Å². The fourth-order valence-electron chi connectivity index (χ4n) is 2.93. The maximum Gasteiger partial charge on any atom is 0.330 e. The first-order valence-electron chi connectivity index (χ1n) is 9.12. The van der Waals surface area contributed by atoms with Crippen molar-refractivity contribution in [3.05, 3.63) is 91.6 Å². The van der Waals surface area contributed by atoms with Crippen LogP contribution in [0.3, 0.4) is 0 Å². The number of carbonyl (C=O) groups excluding carboxylic acids is 1. The second kappa shape index (κ2) is 9.69. The maximum absolute atomic E-state index is 12.6. The van der Waals surface area contributed by atoms with E-state index in [4.69, 9.17) is 17.3 Å². The highest BCUT2D eigenvalue weighted by Crippen LogP contribution is 2.20. The second-order valence-corrected chi connectivity index (χ2v) is 8.06. The number of benzene rings is 2. The fourth-order valence-corrected chi connectivity index (χ4v) is 4.03. The van der Waals surface area contributed by atoms with Crippen LogP contribution in [-0.4, -0.2) is 28.3 Å². The molecule has 0 aliphatic heterocycles. The normalized spacial score (nSPS) is 10.7. The van der Waals surface area contributed by atoms with E-state index in [-0.39, 0.29) is 29.7 Å². The van der Waals surface area contributed by atoms with Crippen molar-refractivity contribution in [2.24, 2.45) is 0 Å². The van der Waals surface area contributed by atoms with Crippen molar-refractivity contribution in [3.8, 4) is 0 Å². The number of aromatic nitrogens is 2. The number of H-pyrrole nitrogens is 1. The molecule has 156 valence electrons. The van der Waals surface area contributed by atoms with Gasteiger partial charge < -0.3 is 10.6 Å². The summed E-state index contributed by atoms with van der Waals surface area (Å²) in [6, 6.07) is 16.6.